The van der Waals surface area contributed by atoms with E-state index in [0.29, 0.717) is 47.5 Å². The Balaban J connectivity index is 1.49. The third-order valence-electron chi connectivity index (χ3n) is 5.31. The highest BCUT2D eigenvalue weighted by Gasteiger charge is 2.28. The molecule has 0 atom stereocenters. The number of hydrogen-bond acceptors (Lipinski definition) is 3. The van der Waals surface area contributed by atoms with E-state index >= 15 is 0 Å². The molecule has 0 radical (unpaired) electrons. The van der Waals surface area contributed by atoms with E-state index < -0.39 is 0 Å². The van der Waals surface area contributed by atoms with Crippen LogP contribution in [0.1, 0.15) is 54.1 Å². The van der Waals surface area contributed by atoms with Gasteiger partial charge in [0.05, 0.1) is 16.8 Å². The Bertz CT molecular complexity index is 934. The number of rotatable bonds is 5. The zero-order chi connectivity index (χ0) is 21.7. The zero-order valence-electron chi connectivity index (χ0n) is 17.1. The van der Waals surface area contributed by atoms with Gasteiger partial charge in [-0.15, -0.1) is 0 Å². The maximum Gasteiger partial charge on any atom is 0.255 e. The molecule has 3 rings (SSSR count). The monoisotopic (exact) mass is 445 g/mol. The van der Waals surface area contributed by atoms with Crippen LogP contribution in [0.2, 0.25) is 10.0 Å². The van der Waals surface area contributed by atoms with Crippen molar-refractivity contribution in [2.75, 3.05) is 13.1 Å². The van der Waals surface area contributed by atoms with Gasteiger partial charge in [-0.1, -0.05) is 61.3 Å². The number of carbonyl (C=O) groups excluding carboxylic acids is 2. The average Bonchev–Trinajstić information content (AvgIpc) is 2.73. The number of nitrogens with one attached hydrogen (secondary N) is 1. The van der Waals surface area contributed by atoms with Crippen molar-refractivity contribution in [3.8, 4) is 0 Å². The van der Waals surface area contributed by atoms with Crippen LogP contribution in [-0.4, -0.2) is 36.0 Å². The first kappa shape index (κ1) is 22.3. The highest BCUT2D eigenvalue weighted by Crippen LogP contribution is 2.25. The summed E-state index contributed by atoms with van der Waals surface area (Å²) in [5.74, 6) is 0.0411. The first-order valence-electron chi connectivity index (χ1n) is 10.0. The van der Waals surface area contributed by atoms with E-state index in [9.17, 15) is 9.59 Å². The van der Waals surface area contributed by atoms with E-state index in [1.54, 1.807) is 29.3 Å². The van der Waals surface area contributed by atoms with Gasteiger partial charge in [-0.25, -0.2) is 5.43 Å². The lowest BCUT2D eigenvalue weighted by molar-refractivity contribution is -0.126. The van der Waals surface area contributed by atoms with Crippen LogP contribution in [0.25, 0.3) is 0 Å². The zero-order valence-corrected chi connectivity index (χ0v) is 18.6. The molecule has 0 spiro atoms. The first-order valence-corrected chi connectivity index (χ1v) is 10.8. The Morgan fingerprint density at radius 1 is 1.10 bits per heavy atom. The predicted molar refractivity (Wildman–Crippen MR) is 121 cm³/mol. The number of amides is 2. The van der Waals surface area contributed by atoms with Gasteiger partial charge in [0.25, 0.3) is 5.91 Å². The highest BCUT2D eigenvalue weighted by molar-refractivity contribution is 6.36. The van der Waals surface area contributed by atoms with Gasteiger partial charge in [-0.3, -0.25) is 9.59 Å². The second kappa shape index (κ2) is 10.1. The topological polar surface area (TPSA) is 61.8 Å². The molecule has 0 saturated carbocycles. The number of hydrazone groups is 1. The van der Waals surface area contributed by atoms with Gasteiger partial charge < -0.3 is 4.90 Å². The van der Waals surface area contributed by atoms with E-state index in [1.807, 2.05) is 12.1 Å². The van der Waals surface area contributed by atoms with Crippen molar-refractivity contribution < 1.29 is 9.59 Å². The standard InChI is InChI=1S/C23H25Cl2N3O2/c1-15(2)17-5-3-16(4-6-17)14-26-27-22(29)18-9-11-28(12-10-18)23(30)20-8-7-19(24)13-21(20)25/h3-8,13-15,18H,9-12H2,1-2H3,(H,27,29)/b26-14-. The van der Waals surface area contributed by atoms with Gasteiger partial charge in [-0.2, -0.15) is 5.10 Å². The van der Waals surface area contributed by atoms with Gasteiger partial charge in [-0.05, 0) is 48.1 Å². The molecule has 1 fully saturated rings. The van der Waals surface area contributed by atoms with Crippen LogP contribution >= 0.6 is 23.2 Å². The minimum atomic E-state index is -0.171. The van der Waals surface area contributed by atoms with E-state index in [4.69, 9.17) is 23.2 Å². The molecule has 1 saturated heterocycles. The number of likely N-dealkylation sites (tertiary alicyclic amines) is 1. The summed E-state index contributed by atoms with van der Waals surface area (Å²) in [6.45, 7) is 5.28. The van der Waals surface area contributed by atoms with Gasteiger partial charge in [0.2, 0.25) is 5.91 Å². The van der Waals surface area contributed by atoms with Crippen LogP contribution in [-0.2, 0) is 4.79 Å². The summed E-state index contributed by atoms with van der Waals surface area (Å²) in [6, 6.07) is 12.9. The summed E-state index contributed by atoms with van der Waals surface area (Å²) in [7, 11) is 0. The summed E-state index contributed by atoms with van der Waals surface area (Å²) in [4.78, 5) is 26.8. The molecule has 1 heterocycles. The molecular formula is C23H25Cl2N3O2. The minimum Gasteiger partial charge on any atom is -0.339 e. The van der Waals surface area contributed by atoms with Crippen LogP contribution in [0.15, 0.2) is 47.6 Å². The Morgan fingerprint density at radius 3 is 2.37 bits per heavy atom. The van der Waals surface area contributed by atoms with Gasteiger partial charge in [0.1, 0.15) is 0 Å². The van der Waals surface area contributed by atoms with Crippen molar-refractivity contribution in [2.24, 2.45) is 11.0 Å². The third-order valence-corrected chi connectivity index (χ3v) is 5.85. The number of piperidine rings is 1. The van der Waals surface area contributed by atoms with E-state index in [1.165, 1.54) is 5.56 Å². The fourth-order valence-electron chi connectivity index (χ4n) is 3.41. The van der Waals surface area contributed by atoms with Crippen molar-refractivity contribution in [1.29, 1.82) is 0 Å². The molecule has 1 N–H and O–H groups in total. The molecule has 5 nitrogen and oxygen atoms in total. The molecule has 2 amide bonds. The van der Waals surface area contributed by atoms with E-state index in [-0.39, 0.29) is 17.7 Å². The van der Waals surface area contributed by atoms with Crippen LogP contribution < -0.4 is 5.43 Å². The maximum absolute atomic E-state index is 12.7. The molecule has 0 unspecified atom stereocenters. The summed E-state index contributed by atoms with van der Waals surface area (Å²) < 4.78 is 0. The highest BCUT2D eigenvalue weighted by atomic mass is 35.5. The minimum absolute atomic E-state index is 0.123. The maximum atomic E-state index is 12.7. The van der Waals surface area contributed by atoms with Crippen LogP contribution in [0, 0.1) is 5.92 Å². The van der Waals surface area contributed by atoms with E-state index in [0.717, 1.165) is 5.56 Å². The largest absolute Gasteiger partial charge is 0.339 e. The van der Waals surface area contributed by atoms with Crippen LogP contribution in [0.4, 0.5) is 0 Å². The fraction of sp³-hybridized carbons (Fsp3) is 0.348. The van der Waals surface area contributed by atoms with Crippen molar-refractivity contribution in [3.05, 3.63) is 69.2 Å². The number of hydrogen-bond donors (Lipinski definition) is 1. The molecule has 0 aromatic heterocycles. The SMILES string of the molecule is CC(C)c1ccc(/C=N\NC(=O)C2CCN(C(=O)c3ccc(Cl)cc3Cl)CC2)cc1. The molecule has 0 aliphatic carbocycles. The van der Waals surface area contributed by atoms with Crippen LogP contribution in [0.5, 0.6) is 0 Å². The Morgan fingerprint density at radius 2 is 1.77 bits per heavy atom. The molecule has 1 aliphatic rings. The van der Waals surface area contributed by atoms with Crippen molar-refractivity contribution in [1.82, 2.24) is 10.3 Å². The summed E-state index contributed by atoms with van der Waals surface area (Å²) in [5, 5.41) is 4.90. The smallest absolute Gasteiger partial charge is 0.255 e. The average molecular weight is 446 g/mol. The molecule has 7 heteroatoms. The quantitative estimate of drug-likeness (QED) is 0.512. The van der Waals surface area contributed by atoms with E-state index in [2.05, 4.69) is 36.5 Å². The molecule has 2 aromatic carbocycles. The second-order valence-electron chi connectivity index (χ2n) is 7.75. The van der Waals surface area contributed by atoms with Gasteiger partial charge in [0, 0.05) is 24.0 Å². The Kier molecular flexibility index (Phi) is 7.51. The summed E-state index contributed by atoms with van der Waals surface area (Å²) in [5.41, 5.74) is 5.24. The lowest BCUT2D eigenvalue weighted by atomic mass is 9.95. The fourth-order valence-corrected chi connectivity index (χ4v) is 3.90. The predicted octanol–water partition coefficient (Wildman–Crippen LogP) is 5.12. The Hall–Kier alpha value is -2.37. The summed E-state index contributed by atoms with van der Waals surface area (Å²) in [6.07, 6.45) is 2.81. The molecule has 0 bridgehead atoms. The first-order chi connectivity index (χ1) is 14.3. The van der Waals surface area contributed by atoms with Crippen molar-refractivity contribution >= 4 is 41.2 Å². The lowest BCUT2D eigenvalue weighted by Crippen LogP contribution is -2.42. The van der Waals surface area contributed by atoms with Gasteiger partial charge in [0.15, 0.2) is 0 Å². The normalized spacial score (nSPS) is 15.0. The molecule has 2 aromatic rings. The molecule has 158 valence electrons. The second-order valence-corrected chi connectivity index (χ2v) is 8.59. The van der Waals surface area contributed by atoms with Gasteiger partial charge >= 0.3 is 0 Å². The Labute approximate surface area is 187 Å². The number of carbonyl (C=O) groups is 2. The number of benzene rings is 2. The molecular weight excluding hydrogens is 421 g/mol. The van der Waals surface area contributed by atoms with Crippen LogP contribution in [0.3, 0.4) is 0 Å². The van der Waals surface area contributed by atoms with Crippen molar-refractivity contribution in [2.45, 2.75) is 32.6 Å². The lowest BCUT2D eigenvalue weighted by Gasteiger charge is -2.31. The molecule has 1 aliphatic heterocycles. The summed E-state index contributed by atoms with van der Waals surface area (Å²) >= 11 is 12.0. The number of halogens is 2. The van der Waals surface area contributed by atoms with Crippen molar-refractivity contribution in [3.63, 3.8) is 0 Å². The third kappa shape index (κ3) is 5.61. The number of nitrogens with zero attached hydrogens (tertiary/aromatic N) is 2. The molecule has 30 heavy (non-hydrogen) atoms.